The molecule has 20 heavy (non-hydrogen) atoms. The molecule has 0 amide bonds. The zero-order valence-corrected chi connectivity index (χ0v) is 12.9. The molecule has 1 aromatic carbocycles. The molecular formula is C15H17BClNO2. The minimum Gasteiger partial charge on any atom is -0.399 e. The Labute approximate surface area is 124 Å². The molecule has 2 aromatic rings. The van der Waals surface area contributed by atoms with E-state index >= 15 is 0 Å². The lowest BCUT2D eigenvalue weighted by atomic mass is 9.80. The van der Waals surface area contributed by atoms with Crippen LogP contribution in [-0.2, 0) is 9.31 Å². The topological polar surface area (TPSA) is 31.4 Å². The number of pyridine rings is 1. The van der Waals surface area contributed by atoms with Crippen LogP contribution in [0.2, 0.25) is 5.02 Å². The molecule has 0 N–H and O–H groups in total. The summed E-state index contributed by atoms with van der Waals surface area (Å²) >= 11 is 5.97. The van der Waals surface area contributed by atoms with Gasteiger partial charge < -0.3 is 9.31 Å². The number of benzene rings is 1. The average molecular weight is 290 g/mol. The molecule has 0 aliphatic carbocycles. The van der Waals surface area contributed by atoms with Crippen molar-refractivity contribution >= 4 is 35.1 Å². The van der Waals surface area contributed by atoms with Gasteiger partial charge >= 0.3 is 7.12 Å². The zero-order valence-electron chi connectivity index (χ0n) is 12.1. The van der Waals surface area contributed by atoms with E-state index in [1.54, 1.807) is 6.20 Å². The third kappa shape index (κ3) is 2.22. The van der Waals surface area contributed by atoms with Gasteiger partial charge in [-0.1, -0.05) is 23.7 Å². The molecule has 3 rings (SSSR count). The summed E-state index contributed by atoms with van der Waals surface area (Å²) in [5.74, 6) is 0. The van der Waals surface area contributed by atoms with Crippen molar-refractivity contribution in [2.75, 3.05) is 0 Å². The van der Waals surface area contributed by atoms with Crippen LogP contribution in [0.3, 0.4) is 0 Å². The molecule has 1 saturated heterocycles. The Hall–Kier alpha value is -1.10. The lowest BCUT2D eigenvalue weighted by molar-refractivity contribution is 0.00578. The van der Waals surface area contributed by atoms with Crippen molar-refractivity contribution < 1.29 is 9.31 Å². The SMILES string of the molecule is CC1(C)OB(c2cnc3cc(Cl)ccc3c2)OC1(C)C. The average Bonchev–Trinajstić information content (AvgIpc) is 2.58. The van der Waals surface area contributed by atoms with Gasteiger partial charge in [-0.05, 0) is 45.2 Å². The van der Waals surface area contributed by atoms with Crippen LogP contribution in [0.5, 0.6) is 0 Å². The van der Waals surface area contributed by atoms with Gasteiger partial charge in [0.1, 0.15) is 0 Å². The summed E-state index contributed by atoms with van der Waals surface area (Å²) in [5.41, 5.74) is 1.12. The van der Waals surface area contributed by atoms with E-state index in [0.29, 0.717) is 5.02 Å². The first kappa shape index (κ1) is 13.9. The summed E-state index contributed by atoms with van der Waals surface area (Å²) in [5, 5.41) is 1.72. The van der Waals surface area contributed by atoms with Gasteiger partial charge in [-0.3, -0.25) is 4.98 Å². The maximum Gasteiger partial charge on any atom is 0.496 e. The van der Waals surface area contributed by atoms with Crippen LogP contribution >= 0.6 is 11.6 Å². The van der Waals surface area contributed by atoms with Gasteiger partial charge in [0, 0.05) is 16.7 Å². The van der Waals surface area contributed by atoms with Gasteiger partial charge in [-0.15, -0.1) is 0 Å². The smallest absolute Gasteiger partial charge is 0.399 e. The van der Waals surface area contributed by atoms with E-state index in [-0.39, 0.29) is 18.3 Å². The fraction of sp³-hybridized carbons (Fsp3) is 0.400. The normalized spacial score (nSPS) is 20.6. The van der Waals surface area contributed by atoms with Crippen molar-refractivity contribution in [3.63, 3.8) is 0 Å². The first-order valence-corrected chi connectivity index (χ1v) is 7.07. The van der Waals surface area contributed by atoms with Crippen LogP contribution in [0.15, 0.2) is 30.5 Å². The number of hydrogen-bond donors (Lipinski definition) is 0. The molecule has 3 nitrogen and oxygen atoms in total. The first-order chi connectivity index (χ1) is 9.28. The molecule has 1 fully saturated rings. The monoisotopic (exact) mass is 289 g/mol. The highest BCUT2D eigenvalue weighted by Crippen LogP contribution is 2.36. The Kier molecular flexibility index (Phi) is 3.09. The number of aromatic nitrogens is 1. The van der Waals surface area contributed by atoms with E-state index in [2.05, 4.69) is 4.98 Å². The predicted molar refractivity (Wildman–Crippen MR) is 82.5 cm³/mol. The van der Waals surface area contributed by atoms with E-state index in [0.717, 1.165) is 16.4 Å². The molecule has 0 bridgehead atoms. The summed E-state index contributed by atoms with van der Waals surface area (Å²) in [7, 11) is -0.382. The van der Waals surface area contributed by atoms with Gasteiger partial charge in [0.15, 0.2) is 0 Å². The zero-order chi connectivity index (χ0) is 14.5. The molecule has 0 unspecified atom stereocenters. The second kappa shape index (κ2) is 4.45. The van der Waals surface area contributed by atoms with Crippen LogP contribution in [-0.4, -0.2) is 23.3 Å². The lowest BCUT2D eigenvalue weighted by Crippen LogP contribution is -2.41. The molecule has 1 aliphatic heterocycles. The molecule has 104 valence electrons. The number of fused-ring (bicyclic) bond motifs is 1. The molecule has 1 aliphatic rings. The van der Waals surface area contributed by atoms with Crippen molar-refractivity contribution in [2.24, 2.45) is 0 Å². The molecule has 0 atom stereocenters. The molecular weight excluding hydrogens is 272 g/mol. The second-order valence-electron chi connectivity index (χ2n) is 6.19. The summed E-state index contributed by atoms with van der Waals surface area (Å²) < 4.78 is 12.1. The molecule has 0 spiro atoms. The van der Waals surface area contributed by atoms with Crippen LogP contribution in [0.25, 0.3) is 10.9 Å². The Balaban J connectivity index is 1.98. The van der Waals surface area contributed by atoms with Crippen molar-refractivity contribution in [1.29, 1.82) is 0 Å². The van der Waals surface area contributed by atoms with Gasteiger partial charge in [0.2, 0.25) is 0 Å². The summed E-state index contributed by atoms with van der Waals surface area (Å²) in [4.78, 5) is 4.44. The van der Waals surface area contributed by atoms with Gasteiger partial charge in [0.25, 0.3) is 0 Å². The minimum absolute atomic E-state index is 0.341. The molecule has 0 radical (unpaired) electrons. The van der Waals surface area contributed by atoms with Gasteiger partial charge in [-0.25, -0.2) is 0 Å². The van der Waals surface area contributed by atoms with Crippen molar-refractivity contribution in [1.82, 2.24) is 4.98 Å². The van der Waals surface area contributed by atoms with Crippen LogP contribution in [0.4, 0.5) is 0 Å². The largest absolute Gasteiger partial charge is 0.496 e. The van der Waals surface area contributed by atoms with Crippen LogP contribution in [0.1, 0.15) is 27.7 Å². The molecule has 0 saturated carbocycles. The summed E-state index contributed by atoms with van der Waals surface area (Å²) in [6.07, 6.45) is 1.79. The van der Waals surface area contributed by atoms with E-state index in [9.17, 15) is 0 Å². The summed E-state index contributed by atoms with van der Waals surface area (Å²) in [6, 6.07) is 7.71. The molecule has 5 heteroatoms. The summed E-state index contributed by atoms with van der Waals surface area (Å²) in [6.45, 7) is 8.17. The highest BCUT2D eigenvalue weighted by molar-refractivity contribution is 6.62. The minimum atomic E-state index is -0.382. The molecule has 2 heterocycles. The fourth-order valence-corrected chi connectivity index (χ4v) is 2.39. The van der Waals surface area contributed by atoms with E-state index in [1.165, 1.54) is 0 Å². The highest BCUT2D eigenvalue weighted by Gasteiger charge is 2.51. The van der Waals surface area contributed by atoms with Gasteiger partial charge in [-0.2, -0.15) is 0 Å². The van der Waals surface area contributed by atoms with E-state index < -0.39 is 0 Å². The van der Waals surface area contributed by atoms with Crippen molar-refractivity contribution in [3.8, 4) is 0 Å². The van der Waals surface area contributed by atoms with E-state index in [4.69, 9.17) is 20.9 Å². The Bertz CT molecular complexity index is 656. The maximum absolute atomic E-state index is 6.03. The number of hydrogen-bond acceptors (Lipinski definition) is 3. The van der Waals surface area contributed by atoms with Gasteiger partial charge in [0.05, 0.1) is 16.7 Å². The van der Waals surface area contributed by atoms with Crippen molar-refractivity contribution in [3.05, 3.63) is 35.5 Å². The first-order valence-electron chi connectivity index (χ1n) is 6.69. The third-order valence-corrected chi connectivity index (χ3v) is 4.43. The number of nitrogens with zero attached hydrogens (tertiary/aromatic N) is 1. The standard InChI is InChI=1S/C15H17BClNO2/c1-14(2)15(3,4)20-16(19-14)11-7-10-5-6-12(17)8-13(10)18-9-11/h5-9H,1-4H3. The maximum atomic E-state index is 6.03. The van der Waals surface area contributed by atoms with Crippen LogP contribution < -0.4 is 5.46 Å². The van der Waals surface area contributed by atoms with Crippen LogP contribution in [0, 0.1) is 0 Å². The van der Waals surface area contributed by atoms with E-state index in [1.807, 2.05) is 52.0 Å². The second-order valence-corrected chi connectivity index (χ2v) is 6.63. The fourth-order valence-electron chi connectivity index (χ4n) is 2.22. The third-order valence-electron chi connectivity index (χ3n) is 4.19. The Morgan fingerprint density at radius 3 is 2.35 bits per heavy atom. The quantitative estimate of drug-likeness (QED) is 0.756. The molecule has 1 aromatic heterocycles. The van der Waals surface area contributed by atoms with Crippen molar-refractivity contribution in [2.45, 2.75) is 38.9 Å². The predicted octanol–water partition coefficient (Wildman–Crippen LogP) is 3.19. The Morgan fingerprint density at radius 1 is 1.05 bits per heavy atom. The number of rotatable bonds is 1. The highest BCUT2D eigenvalue weighted by atomic mass is 35.5. The number of halogens is 1. The Morgan fingerprint density at radius 2 is 1.70 bits per heavy atom. The lowest BCUT2D eigenvalue weighted by Gasteiger charge is -2.32.